The summed E-state index contributed by atoms with van der Waals surface area (Å²) in [5.74, 6) is 0. The lowest BCUT2D eigenvalue weighted by Gasteiger charge is -2.35. The Hall–Kier alpha value is -3.10. The average Bonchev–Trinajstić information content (AvgIpc) is 3.00. The first-order chi connectivity index (χ1) is 11.9. The third-order valence-corrected chi connectivity index (χ3v) is 4.42. The van der Waals surface area contributed by atoms with Gasteiger partial charge in [0.15, 0.2) is 0 Å². The summed E-state index contributed by atoms with van der Waals surface area (Å²) in [6, 6.07) is 3.38. The average molecular weight is 345 g/mol. The van der Waals surface area contributed by atoms with Crippen molar-refractivity contribution in [2.45, 2.75) is 6.92 Å². The van der Waals surface area contributed by atoms with E-state index in [1.807, 2.05) is 6.20 Å². The largest absolute Gasteiger partial charge is 0.465 e. The van der Waals surface area contributed by atoms with Crippen LogP contribution in [0.1, 0.15) is 5.56 Å². The van der Waals surface area contributed by atoms with Gasteiger partial charge in [-0.1, -0.05) is 0 Å². The number of nitro groups is 1. The minimum Gasteiger partial charge on any atom is -0.465 e. The molecule has 132 valence electrons. The van der Waals surface area contributed by atoms with E-state index in [1.54, 1.807) is 37.0 Å². The van der Waals surface area contributed by atoms with E-state index in [9.17, 15) is 14.9 Å². The van der Waals surface area contributed by atoms with Gasteiger partial charge in [-0.2, -0.15) is 5.10 Å². The summed E-state index contributed by atoms with van der Waals surface area (Å²) < 4.78 is 1.65. The lowest BCUT2D eigenvalue weighted by atomic mass is 10.0. The number of anilines is 1. The number of rotatable bonds is 3. The molecule has 1 aliphatic rings. The molecule has 2 aromatic rings. The topological polar surface area (TPSA) is 105 Å². The van der Waals surface area contributed by atoms with Gasteiger partial charge in [-0.3, -0.25) is 14.8 Å². The Morgan fingerprint density at radius 2 is 1.96 bits per heavy atom. The second-order valence-corrected chi connectivity index (χ2v) is 6.07. The maximum absolute atomic E-state index is 11.3. The smallest absolute Gasteiger partial charge is 0.407 e. The number of benzene rings is 1. The van der Waals surface area contributed by atoms with Crippen molar-refractivity contribution in [3.05, 3.63) is 40.2 Å². The summed E-state index contributed by atoms with van der Waals surface area (Å²) in [5.41, 5.74) is 3.02. The zero-order chi connectivity index (χ0) is 18.1. The summed E-state index contributed by atoms with van der Waals surface area (Å²) in [6.07, 6.45) is 2.56. The normalized spacial score (nSPS) is 14.6. The number of hydrogen-bond donors (Lipinski definition) is 1. The Morgan fingerprint density at radius 1 is 1.28 bits per heavy atom. The number of carboxylic acid groups (broad SMARTS) is 1. The van der Waals surface area contributed by atoms with Crippen LogP contribution in [0, 0.1) is 17.0 Å². The second-order valence-electron chi connectivity index (χ2n) is 6.07. The summed E-state index contributed by atoms with van der Waals surface area (Å²) in [5, 5.41) is 24.6. The highest BCUT2D eigenvalue weighted by molar-refractivity contribution is 5.81. The molecule has 3 rings (SSSR count). The van der Waals surface area contributed by atoms with Crippen LogP contribution >= 0.6 is 0 Å². The maximum Gasteiger partial charge on any atom is 0.407 e. The summed E-state index contributed by atoms with van der Waals surface area (Å²) in [4.78, 5) is 25.5. The molecule has 0 unspecified atom stereocenters. The standard InChI is InChI=1S/C16H19N5O4/c1-11-7-15(19-3-5-20(6-4-19)16(22)23)13(8-14(11)21(24)25)12-9-17-18(2)10-12/h7-10H,3-6H2,1-2H3,(H,22,23). The van der Waals surface area contributed by atoms with Crippen molar-refractivity contribution in [3.63, 3.8) is 0 Å². The molecular formula is C16H19N5O4. The van der Waals surface area contributed by atoms with Crippen LogP contribution in [-0.4, -0.2) is 57.0 Å². The fourth-order valence-corrected chi connectivity index (χ4v) is 3.07. The fraction of sp³-hybridized carbons (Fsp3) is 0.375. The zero-order valence-corrected chi connectivity index (χ0v) is 14.0. The predicted octanol–water partition coefficient (Wildman–Crippen LogP) is 2.10. The van der Waals surface area contributed by atoms with Crippen molar-refractivity contribution in [2.75, 3.05) is 31.1 Å². The Morgan fingerprint density at radius 3 is 2.48 bits per heavy atom. The van der Waals surface area contributed by atoms with Gasteiger partial charge in [-0.25, -0.2) is 4.79 Å². The molecule has 9 heteroatoms. The summed E-state index contributed by atoms with van der Waals surface area (Å²) in [7, 11) is 1.79. The number of nitrogens with zero attached hydrogens (tertiary/aromatic N) is 5. The molecule has 0 spiro atoms. The predicted molar refractivity (Wildman–Crippen MR) is 91.8 cm³/mol. The van der Waals surface area contributed by atoms with Gasteiger partial charge >= 0.3 is 6.09 Å². The molecule has 0 bridgehead atoms. The molecular weight excluding hydrogens is 326 g/mol. The third kappa shape index (κ3) is 3.25. The molecule has 0 atom stereocenters. The number of carbonyl (C=O) groups is 1. The second kappa shape index (κ2) is 6.42. The van der Waals surface area contributed by atoms with Gasteiger partial charge in [-0.05, 0) is 13.0 Å². The van der Waals surface area contributed by atoms with E-state index in [-0.39, 0.29) is 10.6 Å². The van der Waals surface area contributed by atoms with Gasteiger partial charge in [0, 0.05) is 67.9 Å². The van der Waals surface area contributed by atoms with Crippen molar-refractivity contribution < 1.29 is 14.8 Å². The Balaban J connectivity index is 2.02. The lowest BCUT2D eigenvalue weighted by Crippen LogP contribution is -2.48. The zero-order valence-electron chi connectivity index (χ0n) is 14.0. The SMILES string of the molecule is Cc1cc(N2CCN(C(=O)O)CC2)c(-c2cnn(C)c2)cc1[N+](=O)[O-]. The number of aryl methyl sites for hydroxylation is 2. The van der Waals surface area contributed by atoms with Crippen molar-refractivity contribution in [1.82, 2.24) is 14.7 Å². The minimum absolute atomic E-state index is 0.0618. The molecule has 1 amide bonds. The maximum atomic E-state index is 11.3. The Labute approximate surface area is 144 Å². The van der Waals surface area contributed by atoms with E-state index in [0.29, 0.717) is 31.7 Å². The van der Waals surface area contributed by atoms with E-state index in [0.717, 1.165) is 16.8 Å². The molecule has 2 heterocycles. The third-order valence-electron chi connectivity index (χ3n) is 4.42. The van der Waals surface area contributed by atoms with Crippen molar-refractivity contribution >= 4 is 17.5 Å². The first kappa shape index (κ1) is 16.7. The molecule has 1 aromatic carbocycles. The molecule has 0 aliphatic carbocycles. The summed E-state index contributed by atoms with van der Waals surface area (Å²) >= 11 is 0. The van der Waals surface area contributed by atoms with Crippen LogP contribution in [0.25, 0.3) is 11.1 Å². The molecule has 1 saturated heterocycles. The highest BCUT2D eigenvalue weighted by atomic mass is 16.6. The molecule has 0 radical (unpaired) electrons. The van der Waals surface area contributed by atoms with Gasteiger partial charge in [0.2, 0.25) is 0 Å². The lowest BCUT2D eigenvalue weighted by molar-refractivity contribution is -0.385. The molecule has 1 fully saturated rings. The highest BCUT2D eigenvalue weighted by Gasteiger charge is 2.25. The van der Waals surface area contributed by atoms with E-state index in [1.165, 1.54) is 4.90 Å². The number of nitro benzene ring substituents is 1. The van der Waals surface area contributed by atoms with Gasteiger partial charge in [0.05, 0.1) is 11.1 Å². The van der Waals surface area contributed by atoms with Crippen LogP contribution in [0.4, 0.5) is 16.2 Å². The van der Waals surface area contributed by atoms with E-state index < -0.39 is 6.09 Å². The number of amides is 1. The van der Waals surface area contributed by atoms with Gasteiger partial charge < -0.3 is 14.9 Å². The van der Waals surface area contributed by atoms with Crippen molar-refractivity contribution in [3.8, 4) is 11.1 Å². The first-order valence-corrected chi connectivity index (χ1v) is 7.87. The fourth-order valence-electron chi connectivity index (χ4n) is 3.07. The minimum atomic E-state index is -0.924. The van der Waals surface area contributed by atoms with Crippen LogP contribution in [0.5, 0.6) is 0 Å². The Kier molecular flexibility index (Phi) is 4.30. The van der Waals surface area contributed by atoms with Crippen LogP contribution in [0.15, 0.2) is 24.5 Å². The van der Waals surface area contributed by atoms with E-state index in [2.05, 4.69) is 10.00 Å². The van der Waals surface area contributed by atoms with Crippen molar-refractivity contribution in [2.24, 2.45) is 7.05 Å². The number of piperazine rings is 1. The van der Waals surface area contributed by atoms with E-state index >= 15 is 0 Å². The Bertz CT molecular complexity index is 824. The van der Waals surface area contributed by atoms with Gasteiger partial charge in [-0.15, -0.1) is 0 Å². The van der Waals surface area contributed by atoms with Crippen LogP contribution in [0.2, 0.25) is 0 Å². The molecule has 1 N–H and O–H groups in total. The molecule has 1 aromatic heterocycles. The number of aromatic nitrogens is 2. The summed E-state index contributed by atoms with van der Waals surface area (Å²) in [6.45, 7) is 3.59. The number of hydrogen-bond acceptors (Lipinski definition) is 5. The van der Waals surface area contributed by atoms with Crippen LogP contribution in [0.3, 0.4) is 0 Å². The highest BCUT2D eigenvalue weighted by Crippen LogP contribution is 2.36. The quantitative estimate of drug-likeness (QED) is 0.675. The first-order valence-electron chi connectivity index (χ1n) is 7.87. The molecule has 0 saturated carbocycles. The van der Waals surface area contributed by atoms with Gasteiger partial charge in [0.25, 0.3) is 5.69 Å². The van der Waals surface area contributed by atoms with E-state index in [4.69, 9.17) is 5.11 Å². The van der Waals surface area contributed by atoms with Gasteiger partial charge in [0.1, 0.15) is 0 Å². The molecule has 9 nitrogen and oxygen atoms in total. The molecule has 25 heavy (non-hydrogen) atoms. The monoisotopic (exact) mass is 345 g/mol. The van der Waals surface area contributed by atoms with Crippen LogP contribution < -0.4 is 4.90 Å². The van der Waals surface area contributed by atoms with Crippen LogP contribution in [-0.2, 0) is 7.05 Å². The molecule has 1 aliphatic heterocycles. The van der Waals surface area contributed by atoms with Crippen molar-refractivity contribution in [1.29, 1.82) is 0 Å².